The third-order valence-electron chi connectivity index (χ3n) is 11.2. The van der Waals surface area contributed by atoms with Crippen molar-refractivity contribution in [2.45, 2.75) is 121 Å². The number of allylic oxidation sites excluding steroid dienone is 1. The van der Waals surface area contributed by atoms with Crippen molar-refractivity contribution in [3.05, 3.63) is 36.0 Å². The standard InChI is InChI=1S/C39H53FN6O9S/c1-22-10-8-9-11-25-19-39(25,35(49)45-56(51,52)38(21-40)14-15-38)44-32(47)30-18-27(54-33-24(3)41-28-13-12-26(53-7)17-29(28)42-33)20-46(30)34(48)31(23(2)16-22)43-36(50)55-37(4,5)6/h9,11-13,17,22-23,25,27,30-31H,8,10,14-16,18-21H2,1-7H3,(H,43,50)(H,44,47)(H,45,49)/b11-9-/t22-,23-,25-,27-,30+,31+,39-/m1/s1. The molecule has 2 aliphatic carbocycles. The maximum Gasteiger partial charge on any atom is 0.408 e. The molecular formula is C39H53FN6O9S. The molecule has 15 nitrogen and oxygen atoms in total. The van der Waals surface area contributed by atoms with Crippen LogP contribution in [0.2, 0.25) is 0 Å². The van der Waals surface area contributed by atoms with Crippen LogP contribution in [-0.4, -0.2) is 102 Å². The van der Waals surface area contributed by atoms with E-state index in [1.165, 1.54) is 12.0 Å². The van der Waals surface area contributed by atoms with Crippen LogP contribution in [-0.2, 0) is 29.1 Å². The lowest BCUT2D eigenvalue weighted by atomic mass is 9.88. The van der Waals surface area contributed by atoms with Crippen LogP contribution in [0.25, 0.3) is 11.0 Å². The number of ether oxygens (including phenoxy) is 3. The first-order valence-corrected chi connectivity index (χ1v) is 20.7. The van der Waals surface area contributed by atoms with Gasteiger partial charge in [-0.2, -0.15) is 0 Å². The smallest absolute Gasteiger partial charge is 0.408 e. The number of nitrogens with zero attached hydrogens (tertiary/aromatic N) is 3. The van der Waals surface area contributed by atoms with Crippen molar-refractivity contribution >= 4 is 44.9 Å². The fourth-order valence-electron chi connectivity index (χ4n) is 7.69. The van der Waals surface area contributed by atoms with Crippen LogP contribution in [0.4, 0.5) is 9.18 Å². The Labute approximate surface area is 326 Å². The topological polar surface area (TPSA) is 195 Å². The largest absolute Gasteiger partial charge is 0.497 e. The van der Waals surface area contributed by atoms with Gasteiger partial charge in [0.1, 0.15) is 52.2 Å². The highest BCUT2D eigenvalue weighted by Crippen LogP contribution is 2.48. The number of rotatable bonds is 8. The summed E-state index contributed by atoms with van der Waals surface area (Å²) in [6.45, 7) is 9.56. The zero-order valence-corrected chi connectivity index (χ0v) is 33.8. The minimum Gasteiger partial charge on any atom is -0.497 e. The first kappa shape index (κ1) is 41.1. The lowest BCUT2D eigenvalue weighted by molar-refractivity contribution is -0.142. The summed E-state index contributed by atoms with van der Waals surface area (Å²) in [4.78, 5) is 66.9. The molecular weight excluding hydrogens is 748 g/mol. The Balaban J connectivity index is 1.35. The number of hydrogen-bond donors (Lipinski definition) is 3. The van der Waals surface area contributed by atoms with Crippen LogP contribution in [0.1, 0.15) is 85.3 Å². The van der Waals surface area contributed by atoms with Gasteiger partial charge in [-0.25, -0.2) is 27.6 Å². The van der Waals surface area contributed by atoms with Gasteiger partial charge in [0.25, 0.3) is 5.91 Å². The van der Waals surface area contributed by atoms with Crippen LogP contribution in [0, 0.1) is 24.7 Å². The predicted molar refractivity (Wildman–Crippen MR) is 204 cm³/mol. The summed E-state index contributed by atoms with van der Waals surface area (Å²) >= 11 is 0. The number of hydrogen-bond acceptors (Lipinski definition) is 11. The molecule has 3 fully saturated rings. The Morgan fingerprint density at radius 1 is 1.11 bits per heavy atom. The molecule has 0 radical (unpaired) electrons. The van der Waals surface area contributed by atoms with E-state index in [4.69, 9.17) is 14.2 Å². The van der Waals surface area contributed by atoms with Crippen molar-refractivity contribution < 1.29 is 46.2 Å². The predicted octanol–water partition coefficient (Wildman–Crippen LogP) is 4.02. The molecule has 6 rings (SSSR count). The van der Waals surface area contributed by atoms with Crippen LogP contribution in [0.5, 0.6) is 11.6 Å². The second-order valence-corrected chi connectivity index (χ2v) is 19.0. The molecule has 2 saturated carbocycles. The van der Waals surface area contributed by atoms with E-state index in [2.05, 4.69) is 25.3 Å². The van der Waals surface area contributed by atoms with Gasteiger partial charge >= 0.3 is 6.09 Å². The van der Waals surface area contributed by atoms with Crippen LogP contribution < -0.4 is 24.8 Å². The van der Waals surface area contributed by atoms with Crippen molar-refractivity contribution in [1.82, 2.24) is 30.2 Å². The molecule has 17 heteroatoms. The summed E-state index contributed by atoms with van der Waals surface area (Å²) in [5, 5.41) is 5.60. The number of methoxy groups -OCH3 is 1. The minimum atomic E-state index is -4.39. The molecule has 0 unspecified atom stereocenters. The van der Waals surface area contributed by atoms with Crippen molar-refractivity contribution in [1.29, 1.82) is 0 Å². The number of halogens is 1. The number of fused-ring (bicyclic) bond motifs is 3. The van der Waals surface area contributed by atoms with Crippen LogP contribution >= 0.6 is 0 Å². The number of sulfonamides is 1. The number of carbonyl (C=O) groups excluding carboxylic acids is 4. The van der Waals surface area contributed by atoms with E-state index in [-0.39, 0.29) is 49.9 Å². The molecule has 306 valence electrons. The van der Waals surface area contributed by atoms with E-state index in [0.717, 1.165) is 6.42 Å². The molecule has 4 aliphatic rings. The van der Waals surface area contributed by atoms with Gasteiger partial charge < -0.3 is 29.7 Å². The van der Waals surface area contributed by atoms with E-state index in [1.807, 2.05) is 19.9 Å². The first-order valence-electron chi connectivity index (χ1n) is 19.2. The third-order valence-corrected chi connectivity index (χ3v) is 13.3. The summed E-state index contributed by atoms with van der Waals surface area (Å²) in [6, 6.07) is 2.95. The van der Waals surface area contributed by atoms with Gasteiger partial charge in [-0.05, 0) is 90.2 Å². The van der Waals surface area contributed by atoms with Gasteiger partial charge in [0.05, 0.1) is 24.7 Å². The average Bonchev–Trinajstić information content (AvgIpc) is 4.02. The second kappa shape index (κ2) is 15.4. The van der Waals surface area contributed by atoms with Crippen molar-refractivity contribution in [3.8, 4) is 11.6 Å². The fraction of sp³-hybridized carbons (Fsp3) is 0.641. The summed E-state index contributed by atoms with van der Waals surface area (Å²) in [7, 11) is -2.85. The molecule has 1 saturated heterocycles. The Morgan fingerprint density at radius 2 is 1.84 bits per heavy atom. The molecule has 1 aromatic carbocycles. The molecule has 2 aliphatic heterocycles. The molecule has 3 heterocycles. The summed E-state index contributed by atoms with van der Waals surface area (Å²) in [6.07, 6.45) is 4.28. The molecule has 56 heavy (non-hydrogen) atoms. The lowest BCUT2D eigenvalue weighted by Crippen LogP contribution is -2.59. The molecule has 1 aromatic heterocycles. The summed E-state index contributed by atoms with van der Waals surface area (Å²) in [5.74, 6) is -2.28. The van der Waals surface area contributed by atoms with Crippen molar-refractivity contribution in [2.75, 3.05) is 20.3 Å². The zero-order chi connectivity index (χ0) is 40.8. The monoisotopic (exact) mass is 800 g/mol. The second-order valence-electron chi connectivity index (χ2n) is 16.9. The fourth-order valence-corrected chi connectivity index (χ4v) is 9.11. The number of alkyl carbamates (subject to hydrolysis) is 1. The summed E-state index contributed by atoms with van der Waals surface area (Å²) < 4.78 is 57.9. The lowest BCUT2D eigenvalue weighted by Gasteiger charge is -2.33. The number of amides is 4. The van der Waals surface area contributed by atoms with Gasteiger partial charge in [-0.3, -0.25) is 19.1 Å². The number of nitrogens with one attached hydrogen (secondary N) is 3. The van der Waals surface area contributed by atoms with E-state index in [0.29, 0.717) is 35.3 Å². The van der Waals surface area contributed by atoms with Gasteiger partial charge in [0.2, 0.25) is 27.7 Å². The SMILES string of the molecule is COc1ccc2nc(C)c(O[C@@H]3C[C@H]4C(=O)N[C@]5(C(=O)NS(=O)(=O)C6(CF)CC6)C[C@H]5/C=C\CC[C@@H](C)C[C@@H](C)[C@H](NC(=O)OC(C)(C)C)C(=O)N4C3)nc2c1. The molecule has 0 bridgehead atoms. The molecule has 4 amide bonds. The number of carbonyl (C=O) groups is 4. The first-order chi connectivity index (χ1) is 26.3. The Bertz CT molecular complexity index is 2020. The number of aryl methyl sites for hydroxylation is 1. The van der Waals surface area contributed by atoms with Gasteiger partial charge in [-0.15, -0.1) is 0 Å². The number of aromatic nitrogens is 2. The van der Waals surface area contributed by atoms with Crippen LogP contribution in [0.3, 0.4) is 0 Å². The van der Waals surface area contributed by atoms with E-state index in [9.17, 15) is 32.0 Å². The van der Waals surface area contributed by atoms with Gasteiger partial charge in [0, 0.05) is 18.4 Å². The highest BCUT2D eigenvalue weighted by atomic mass is 32.2. The van der Waals surface area contributed by atoms with Crippen molar-refractivity contribution in [3.63, 3.8) is 0 Å². The van der Waals surface area contributed by atoms with E-state index in [1.54, 1.807) is 52.0 Å². The highest BCUT2D eigenvalue weighted by Gasteiger charge is 2.64. The quantitative estimate of drug-likeness (QED) is 0.327. The highest BCUT2D eigenvalue weighted by molar-refractivity contribution is 7.91. The van der Waals surface area contributed by atoms with E-state index < -0.39 is 80.5 Å². The average molecular weight is 801 g/mol. The maximum absolute atomic E-state index is 14.8. The van der Waals surface area contributed by atoms with E-state index >= 15 is 0 Å². The molecule has 3 N–H and O–H groups in total. The third kappa shape index (κ3) is 8.56. The Hall–Kier alpha value is -4.54. The normalized spacial score (nSPS) is 29.8. The number of benzene rings is 1. The molecule has 0 spiro atoms. The Kier molecular flexibility index (Phi) is 11.3. The Morgan fingerprint density at radius 3 is 2.50 bits per heavy atom. The molecule has 2 aromatic rings. The molecule has 7 atom stereocenters. The maximum atomic E-state index is 14.8. The zero-order valence-electron chi connectivity index (χ0n) is 33.0. The van der Waals surface area contributed by atoms with Gasteiger partial charge in [0.15, 0.2) is 0 Å². The van der Waals surface area contributed by atoms with Crippen LogP contribution in [0.15, 0.2) is 30.4 Å². The summed E-state index contributed by atoms with van der Waals surface area (Å²) in [5.41, 5.74) is -0.914. The number of alkyl halides is 1. The van der Waals surface area contributed by atoms with Gasteiger partial charge in [-0.1, -0.05) is 26.0 Å². The minimum absolute atomic E-state index is 0.0275. The van der Waals surface area contributed by atoms with Crippen molar-refractivity contribution in [2.24, 2.45) is 17.8 Å².